The molecule has 25 heavy (non-hydrogen) atoms. The first-order chi connectivity index (χ1) is 11.9. The van der Waals surface area contributed by atoms with Crippen LogP contribution >= 0.6 is 0 Å². The molecule has 1 saturated carbocycles. The summed E-state index contributed by atoms with van der Waals surface area (Å²) in [5, 5.41) is 0. The minimum atomic E-state index is -0.439. The molecule has 0 N–H and O–H groups in total. The Bertz CT molecular complexity index is 587. The van der Waals surface area contributed by atoms with Gasteiger partial charge in [0.15, 0.2) is 0 Å². The van der Waals surface area contributed by atoms with Crippen molar-refractivity contribution in [3.63, 3.8) is 0 Å². The molecule has 0 radical (unpaired) electrons. The molecule has 2 aliphatic rings. The van der Waals surface area contributed by atoms with Crippen LogP contribution in [0.15, 0.2) is 24.3 Å². The molecule has 2 fully saturated rings. The number of benzene rings is 1. The minimum absolute atomic E-state index is 0.207. The van der Waals surface area contributed by atoms with E-state index in [-0.39, 0.29) is 6.09 Å². The molecular formula is C21H31NO3. The molecule has 1 aliphatic carbocycles. The van der Waals surface area contributed by atoms with Crippen LogP contribution in [0.2, 0.25) is 0 Å². The SMILES string of the molecule is CC(C)(C)OC(=O)N1CCC(COc2ccccc2C2CCCC2)C1. The zero-order valence-corrected chi connectivity index (χ0v) is 15.8. The normalized spacial score (nSPS) is 21.6. The molecule has 1 atom stereocenters. The Morgan fingerprint density at radius 3 is 2.60 bits per heavy atom. The molecule has 1 unspecified atom stereocenters. The Hall–Kier alpha value is -1.71. The molecule has 3 rings (SSSR count). The van der Waals surface area contributed by atoms with Crippen LogP contribution in [0.4, 0.5) is 4.79 Å². The van der Waals surface area contributed by atoms with Gasteiger partial charge in [-0.2, -0.15) is 0 Å². The maximum Gasteiger partial charge on any atom is 0.410 e. The molecule has 0 spiro atoms. The van der Waals surface area contributed by atoms with Crippen LogP contribution < -0.4 is 4.74 Å². The van der Waals surface area contributed by atoms with Gasteiger partial charge in [0.25, 0.3) is 0 Å². The largest absolute Gasteiger partial charge is 0.493 e. The van der Waals surface area contributed by atoms with Crippen molar-refractivity contribution < 1.29 is 14.3 Å². The summed E-state index contributed by atoms with van der Waals surface area (Å²) in [5.74, 6) is 2.06. The summed E-state index contributed by atoms with van der Waals surface area (Å²) < 4.78 is 11.6. The lowest BCUT2D eigenvalue weighted by molar-refractivity contribution is 0.0284. The van der Waals surface area contributed by atoms with E-state index >= 15 is 0 Å². The van der Waals surface area contributed by atoms with Crippen molar-refractivity contribution in [3.8, 4) is 5.75 Å². The highest BCUT2D eigenvalue weighted by molar-refractivity contribution is 5.68. The molecule has 1 saturated heterocycles. The zero-order chi connectivity index (χ0) is 17.9. The molecule has 1 aliphatic heterocycles. The molecule has 4 nitrogen and oxygen atoms in total. The first-order valence-electron chi connectivity index (χ1n) is 9.62. The van der Waals surface area contributed by atoms with Gasteiger partial charge < -0.3 is 14.4 Å². The van der Waals surface area contributed by atoms with Crippen molar-refractivity contribution >= 4 is 6.09 Å². The van der Waals surface area contributed by atoms with Crippen molar-refractivity contribution in [2.75, 3.05) is 19.7 Å². The van der Waals surface area contributed by atoms with Gasteiger partial charge in [-0.1, -0.05) is 31.0 Å². The molecular weight excluding hydrogens is 314 g/mol. The fourth-order valence-electron chi connectivity index (χ4n) is 3.85. The number of ether oxygens (including phenoxy) is 2. The minimum Gasteiger partial charge on any atom is -0.493 e. The highest BCUT2D eigenvalue weighted by Crippen LogP contribution is 2.38. The number of para-hydroxylation sites is 1. The Labute approximate surface area is 151 Å². The fraction of sp³-hybridized carbons (Fsp3) is 0.667. The van der Waals surface area contributed by atoms with Crippen LogP contribution in [0.25, 0.3) is 0 Å². The second kappa shape index (κ2) is 7.67. The van der Waals surface area contributed by atoms with Crippen LogP contribution in [0.3, 0.4) is 0 Å². The van der Waals surface area contributed by atoms with Gasteiger partial charge in [0.1, 0.15) is 11.4 Å². The Balaban J connectivity index is 1.52. The predicted octanol–water partition coefficient (Wildman–Crippen LogP) is 4.98. The van der Waals surface area contributed by atoms with E-state index in [9.17, 15) is 4.79 Å². The molecule has 1 aromatic carbocycles. The average Bonchev–Trinajstić information content (AvgIpc) is 3.23. The van der Waals surface area contributed by atoms with E-state index in [4.69, 9.17) is 9.47 Å². The molecule has 1 heterocycles. The predicted molar refractivity (Wildman–Crippen MR) is 99.1 cm³/mol. The van der Waals surface area contributed by atoms with Crippen molar-refractivity contribution in [1.82, 2.24) is 4.90 Å². The van der Waals surface area contributed by atoms with E-state index in [1.807, 2.05) is 25.7 Å². The molecule has 138 valence electrons. The monoisotopic (exact) mass is 345 g/mol. The van der Waals surface area contributed by atoms with E-state index < -0.39 is 5.60 Å². The number of hydrogen-bond acceptors (Lipinski definition) is 3. The maximum atomic E-state index is 12.2. The lowest BCUT2D eigenvalue weighted by Gasteiger charge is -2.24. The van der Waals surface area contributed by atoms with Crippen LogP contribution in [0, 0.1) is 5.92 Å². The summed E-state index contributed by atoms with van der Waals surface area (Å²) in [6.45, 7) is 7.86. The number of amides is 1. The lowest BCUT2D eigenvalue weighted by Crippen LogP contribution is -2.35. The van der Waals surface area contributed by atoms with Gasteiger partial charge in [0, 0.05) is 19.0 Å². The fourth-order valence-corrected chi connectivity index (χ4v) is 3.85. The maximum absolute atomic E-state index is 12.2. The number of hydrogen-bond donors (Lipinski definition) is 0. The first kappa shape index (κ1) is 18.1. The van der Waals surface area contributed by atoms with E-state index in [1.54, 1.807) is 0 Å². The second-order valence-electron chi connectivity index (χ2n) is 8.41. The van der Waals surface area contributed by atoms with E-state index in [1.165, 1.54) is 31.2 Å². The van der Waals surface area contributed by atoms with Gasteiger partial charge in [0.05, 0.1) is 6.61 Å². The van der Waals surface area contributed by atoms with Crippen LogP contribution in [-0.2, 0) is 4.74 Å². The summed E-state index contributed by atoms with van der Waals surface area (Å²) in [5.41, 5.74) is 0.924. The first-order valence-corrected chi connectivity index (χ1v) is 9.62. The standard InChI is InChI=1S/C21H31NO3/c1-21(2,3)25-20(23)22-13-12-16(14-22)15-24-19-11-7-6-10-18(19)17-8-4-5-9-17/h6-7,10-11,16-17H,4-5,8-9,12-15H2,1-3H3. The van der Waals surface area contributed by atoms with Gasteiger partial charge in [-0.05, 0) is 57.6 Å². The average molecular weight is 345 g/mol. The number of nitrogens with zero attached hydrogens (tertiary/aromatic N) is 1. The van der Waals surface area contributed by atoms with Crippen molar-refractivity contribution in [1.29, 1.82) is 0 Å². The Kier molecular flexibility index (Phi) is 5.55. The third-order valence-electron chi connectivity index (χ3n) is 5.13. The summed E-state index contributed by atoms with van der Waals surface area (Å²) in [6, 6.07) is 8.47. The molecule has 1 amide bonds. The summed E-state index contributed by atoms with van der Waals surface area (Å²) in [6.07, 6.45) is 5.97. The van der Waals surface area contributed by atoms with Gasteiger partial charge in [0.2, 0.25) is 0 Å². The van der Waals surface area contributed by atoms with E-state index in [0.29, 0.717) is 18.4 Å². The third-order valence-corrected chi connectivity index (χ3v) is 5.13. The third kappa shape index (κ3) is 4.90. The molecule has 4 heteroatoms. The summed E-state index contributed by atoms with van der Waals surface area (Å²) in [7, 11) is 0. The van der Waals surface area contributed by atoms with Crippen molar-refractivity contribution in [2.45, 2.75) is 64.4 Å². The van der Waals surface area contributed by atoms with Crippen molar-refractivity contribution in [3.05, 3.63) is 29.8 Å². The number of carbonyl (C=O) groups is 1. The van der Waals surface area contributed by atoms with Gasteiger partial charge in [-0.25, -0.2) is 4.79 Å². The summed E-state index contributed by atoms with van der Waals surface area (Å²) in [4.78, 5) is 14.0. The van der Waals surface area contributed by atoms with E-state index in [2.05, 4.69) is 24.3 Å². The number of carbonyl (C=O) groups excluding carboxylic acids is 1. The second-order valence-corrected chi connectivity index (χ2v) is 8.41. The van der Waals surface area contributed by atoms with Crippen LogP contribution in [0.5, 0.6) is 5.75 Å². The Morgan fingerprint density at radius 1 is 1.16 bits per heavy atom. The highest BCUT2D eigenvalue weighted by Gasteiger charge is 2.30. The Morgan fingerprint density at radius 2 is 1.88 bits per heavy atom. The lowest BCUT2D eigenvalue weighted by atomic mass is 9.97. The van der Waals surface area contributed by atoms with Gasteiger partial charge in [-0.3, -0.25) is 0 Å². The van der Waals surface area contributed by atoms with Crippen molar-refractivity contribution in [2.24, 2.45) is 5.92 Å². The van der Waals surface area contributed by atoms with Gasteiger partial charge >= 0.3 is 6.09 Å². The van der Waals surface area contributed by atoms with Gasteiger partial charge in [-0.15, -0.1) is 0 Å². The zero-order valence-electron chi connectivity index (χ0n) is 15.8. The number of rotatable bonds is 4. The summed E-state index contributed by atoms with van der Waals surface area (Å²) >= 11 is 0. The highest BCUT2D eigenvalue weighted by atomic mass is 16.6. The smallest absolute Gasteiger partial charge is 0.410 e. The molecule has 1 aromatic rings. The molecule has 0 aromatic heterocycles. The van der Waals surface area contributed by atoms with Crippen LogP contribution in [0.1, 0.15) is 64.4 Å². The topological polar surface area (TPSA) is 38.8 Å². The van der Waals surface area contributed by atoms with E-state index in [0.717, 1.165) is 25.3 Å². The van der Waals surface area contributed by atoms with Crippen LogP contribution in [-0.4, -0.2) is 36.3 Å². The number of likely N-dealkylation sites (tertiary alicyclic amines) is 1. The quantitative estimate of drug-likeness (QED) is 0.772. The molecule has 0 bridgehead atoms.